The standard InChI is InChI=1S/C68H36N6S2/c69-37-49-63(73-55-29-13-5-21-43(55)45-33-35-59-61(64(45)73)47-23-7-15-31-57(47)75-59)50(38-70)67(72-53-27-11-3-19-41(53)42-20-4-12-28-54(42)72)68(66(49)71-51-25-9-1-17-39(51)40-18-2-10-26-52(40)71)74-56-30-14-6-22-44(56)46-34-36-60-62(65(46)74)48-24-8-16-32-58(48)76-60/h1-36H. The number of thiophene rings is 2. The van der Waals surface area contributed by atoms with Crippen molar-refractivity contribution in [2.24, 2.45) is 0 Å². The van der Waals surface area contributed by atoms with Gasteiger partial charge in [-0.05, 0) is 60.7 Å². The van der Waals surface area contributed by atoms with Crippen molar-refractivity contribution in [3.05, 3.63) is 230 Å². The van der Waals surface area contributed by atoms with Gasteiger partial charge in [0.15, 0.2) is 0 Å². The summed E-state index contributed by atoms with van der Waals surface area (Å²) in [6.45, 7) is 0. The predicted octanol–water partition coefficient (Wildman–Crippen LogP) is 18.6. The van der Waals surface area contributed by atoms with Gasteiger partial charge in [-0.2, -0.15) is 10.5 Å². The summed E-state index contributed by atoms with van der Waals surface area (Å²) in [6, 6.07) is 83.5. The van der Waals surface area contributed by atoms with Gasteiger partial charge >= 0.3 is 0 Å². The molecule has 0 spiro atoms. The van der Waals surface area contributed by atoms with E-state index in [1.54, 1.807) is 22.7 Å². The molecule has 11 aromatic carbocycles. The minimum Gasteiger partial charge on any atom is -0.306 e. The van der Waals surface area contributed by atoms with Crippen molar-refractivity contribution in [2.75, 3.05) is 0 Å². The van der Waals surface area contributed by atoms with Crippen molar-refractivity contribution in [3.8, 4) is 34.9 Å². The average molecular weight is 1000 g/mol. The number of para-hydroxylation sites is 6. The van der Waals surface area contributed by atoms with E-state index in [9.17, 15) is 10.5 Å². The van der Waals surface area contributed by atoms with E-state index in [0.717, 1.165) is 124 Å². The summed E-state index contributed by atoms with van der Waals surface area (Å²) in [4.78, 5) is 0. The Labute approximate surface area is 440 Å². The molecule has 0 radical (unpaired) electrons. The highest BCUT2D eigenvalue weighted by atomic mass is 32.1. The van der Waals surface area contributed by atoms with Crippen molar-refractivity contribution in [3.63, 3.8) is 0 Å². The third-order valence-corrected chi connectivity index (χ3v) is 18.3. The first-order chi connectivity index (χ1) is 37.7. The molecule has 0 saturated heterocycles. The molecule has 0 bridgehead atoms. The van der Waals surface area contributed by atoms with Gasteiger partial charge in [0.2, 0.25) is 0 Å². The monoisotopic (exact) mass is 1000 g/mol. The van der Waals surface area contributed by atoms with E-state index < -0.39 is 0 Å². The molecule has 6 aromatic heterocycles. The Bertz CT molecular complexity index is 5260. The maximum atomic E-state index is 12.7. The molecule has 0 unspecified atom stereocenters. The third-order valence-electron chi connectivity index (χ3n) is 16.0. The summed E-state index contributed by atoms with van der Waals surface area (Å²) in [7, 11) is 0. The van der Waals surface area contributed by atoms with Gasteiger partial charge in [0.1, 0.15) is 23.3 Å². The molecule has 0 aliphatic rings. The van der Waals surface area contributed by atoms with Crippen LogP contribution in [0.2, 0.25) is 0 Å². The lowest BCUT2D eigenvalue weighted by molar-refractivity contribution is 1.02. The molecule has 0 saturated carbocycles. The van der Waals surface area contributed by atoms with Crippen molar-refractivity contribution in [2.45, 2.75) is 0 Å². The first-order valence-electron chi connectivity index (χ1n) is 25.4. The zero-order chi connectivity index (χ0) is 49.9. The van der Waals surface area contributed by atoms with Crippen LogP contribution in [0.4, 0.5) is 0 Å². The Morgan fingerprint density at radius 2 is 0.539 bits per heavy atom. The predicted molar refractivity (Wildman–Crippen MR) is 319 cm³/mol. The lowest BCUT2D eigenvalue weighted by Crippen LogP contribution is -2.17. The quantitative estimate of drug-likeness (QED) is 0.176. The Kier molecular flexibility index (Phi) is 8.36. The van der Waals surface area contributed by atoms with E-state index >= 15 is 0 Å². The lowest BCUT2D eigenvalue weighted by Gasteiger charge is -2.27. The minimum absolute atomic E-state index is 0.384. The van der Waals surface area contributed by atoms with E-state index in [1.165, 1.54) is 9.40 Å². The van der Waals surface area contributed by atoms with Crippen LogP contribution in [0.3, 0.4) is 0 Å². The second-order valence-electron chi connectivity index (χ2n) is 19.7. The molecule has 350 valence electrons. The van der Waals surface area contributed by atoms with E-state index in [1.807, 2.05) is 0 Å². The van der Waals surface area contributed by atoms with Gasteiger partial charge in [-0.1, -0.05) is 158 Å². The number of rotatable bonds is 4. The Hall–Kier alpha value is -9.96. The fourth-order valence-electron chi connectivity index (χ4n) is 13.1. The van der Waals surface area contributed by atoms with Crippen LogP contribution in [-0.4, -0.2) is 18.3 Å². The average Bonchev–Trinajstić information content (AvgIpc) is 4.43. The Morgan fingerprint density at radius 1 is 0.250 bits per heavy atom. The van der Waals surface area contributed by atoms with E-state index in [4.69, 9.17) is 0 Å². The molecule has 76 heavy (non-hydrogen) atoms. The third kappa shape index (κ3) is 5.26. The zero-order valence-electron chi connectivity index (χ0n) is 40.3. The molecule has 0 amide bonds. The molecule has 17 rings (SSSR count). The highest BCUT2D eigenvalue weighted by Gasteiger charge is 2.35. The van der Waals surface area contributed by atoms with E-state index in [-0.39, 0.29) is 0 Å². The normalized spacial score (nSPS) is 12.2. The first-order valence-corrected chi connectivity index (χ1v) is 27.0. The number of benzene rings is 11. The van der Waals surface area contributed by atoms with Gasteiger partial charge < -0.3 is 18.3 Å². The van der Waals surface area contributed by atoms with Gasteiger partial charge in [-0.3, -0.25) is 0 Å². The van der Waals surface area contributed by atoms with Crippen LogP contribution in [0.1, 0.15) is 11.1 Å². The number of hydrogen-bond donors (Lipinski definition) is 0. The molecule has 0 atom stereocenters. The number of nitrogens with zero attached hydrogens (tertiary/aromatic N) is 6. The van der Waals surface area contributed by atoms with Crippen molar-refractivity contribution >= 4 is 150 Å². The van der Waals surface area contributed by atoms with Crippen LogP contribution >= 0.6 is 22.7 Å². The molecule has 6 nitrogen and oxygen atoms in total. The van der Waals surface area contributed by atoms with Crippen molar-refractivity contribution < 1.29 is 0 Å². The molecule has 6 heterocycles. The number of nitriles is 2. The maximum absolute atomic E-state index is 12.7. The minimum atomic E-state index is 0.384. The zero-order valence-corrected chi connectivity index (χ0v) is 41.9. The van der Waals surface area contributed by atoms with Gasteiger partial charge in [0.05, 0.1) is 66.9 Å². The van der Waals surface area contributed by atoms with Crippen LogP contribution in [0, 0.1) is 22.7 Å². The highest BCUT2D eigenvalue weighted by Crippen LogP contribution is 2.52. The fraction of sp³-hybridized carbons (Fsp3) is 0. The fourth-order valence-corrected chi connectivity index (χ4v) is 15.3. The largest absolute Gasteiger partial charge is 0.306 e. The molecule has 17 aromatic rings. The SMILES string of the molecule is N#Cc1c(-n2c3ccccc3c3ccccc32)c(-n2c3ccccc3c3ccc4sc5ccccc5c4c32)c(-n2c3ccccc3c3ccccc32)c(C#N)c1-n1c2ccccc2c2ccc3sc4ccccc4c3c21. The van der Waals surface area contributed by atoms with Crippen LogP contribution in [0.25, 0.3) is 150 Å². The van der Waals surface area contributed by atoms with Crippen molar-refractivity contribution in [1.29, 1.82) is 10.5 Å². The molecule has 0 aliphatic carbocycles. The topological polar surface area (TPSA) is 67.3 Å². The van der Waals surface area contributed by atoms with Gasteiger partial charge in [-0.15, -0.1) is 22.7 Å². The van der Waals surface area contributed by atoms with E-state index in [2.05, 4.69) is 249 Å². The van der Waals surface area contributed by atoms with Gasteiger partial charge in [-0.25, -0.2) is 0 Å². The van der Waals surface area contributed by atoms with Crippen LogP contribution in [0.5, 0.6) is 0 Å². The molecule has 0 aliphatic heterocycles. The molecule has 0 N–H and O–H groups in total. The summed E-state index contributed by atoms with van der Waals surface area (Å²) >= 11 is 3.56. The number of aromatic nitrogens is 4. The lowest BCUT2D eigenvalue weighted by atomic mass is 9.98. The second kappa shape index (κ2) is 15.3. The van der Waals surface area contributed by atoms with Crippen molar-refractivity contribution in [1.82, 2.24) is 18.3 Å². The summed E-state index contributed by atoms with van der Waals surface area (Å²) in [5, 5.41) is 38.5. The molecular weight excluding hydrogens is 965 g/mol. The van der Waals surface area contributed by atoms with Crippen LogP contribution in [-0.2, 0) is 0 Å². The summed E-state index contributed by atoms with van der Waals surface area (Å²) in [5.74, 6) is 0. The molecule has 0 fully saturated rings. The van der Waals surface area contributed by atoms with Crippen LogP contribution < -0.4 is 0 Å². The summed E-state index contributed by atoms with van der Waals surface area (Å²) in [6.07, 6.45) is 0. The van der Waals surface area contributed by atoms with Crippen LogP contribution in [0.15, 0.2) is 218 Å². The van der Waals surface area contributed by atoms with Gasteiger partial charge in [0.25, 0.3) is 0 Å². The maximum Gasteiger partial charge on any atom is 0.104 e. The second-order valence-corrected chi connectivity index (χ2v) is 21.8. The number of fused-ring (bicyclic) bond motifs is 20. The smallest absolute Gasteiger partial charge is 0.104 e. The summed E-state index contributed by atoms with van der Waals surface area (Å²) < 4.78 is 14.0. The first kappa shape index (κ1) is 41.5. The van der Waals surface area contributed by atoms with E-state index in [0.29, 0.717) is 28.2 Å². The molecule has 8 heteroatoms. The highest BCUT2D eigenvalue weighted by molar-refractivity contribution is 7.26. The number of hydrogen-bond acceptors (Lipinski definition) is 4. The molecular formula is C68H36N6S2. The summed E-state index contributed by atoms with van der Waals surface area (Å²) in [5.41, 5.74) is 11.0. The van der Waals surface area contributed by atoms with Gasteiger partial charge in [0, 0.05) is 83.4 Å². The Morgan fingerprint density at radius 3 is 0.895 bits per heavy atom. The Balaban J connectivity index is 1.23.